The minimum atomic E-state index is -3.75. The Balaban J connectivity index is 2.44. The lowest BCUT2D eigenvalue weighted by molar-refractivity contribution is 0.395. The number of anilines is 1. The zero-order chi connectivity index (χ0) is 17.2. The van der Waals surface area contributed by atoms with Crippen molar-refractivity contribution in [1.29, 1.82) is 0 Å². The van der Waals surface area contributed by atoms with Crippen LogP contribution in [0.1, 0.15) is 11.1 Å². The van der Waals surface area contributed by atoms with E-state index in [0.717, 1.165) is 0 Å². The van der Waals surface area contributed by atoms with Crippen LogP contribution in [-0.2, 0) is 10.0 Å². The molecule has 0 spiro atoms. The molecule has 0 saturated heterocycles. The molecule has 0 aliphatic carbocycles. The first-order chi connectivity index (χ1) is 10.8. The van der Waals surface area contributed by atoms with Gasteiger partial charge >= 0.3 is 0 Å². The van der Waals surface area contributed by atoms with E-state index in [9.17, 15) is 8.42 Å². The van der Waals surface area contributed by atoms with Gasteiger partial charge in [-0.25, -0.2) is 8.42 Å². The van der Waals surface area contributed by atoms with Crippen LogP contribution in [0.2, 0.25) is 5.02 Å². The SMILES string of the molecule is COc1cc(NS(=O)(=O)c2cc(C)c(Cl)cc2C)cc(OC)c1. The van der Waals surface area contributed by atoms with E-state index in [1.165, 1.54) is 14.2 Å². The van der Waals surface area contributed by atoms with Gasteiger partial charge in [0.25, 0.3) is 10.0 Å². The van der Waals surface area contributed by atoms with Gasteiger partial charge in [-0.2, -0.15) is 0 Å². The number of hydrogen-bond acceptors (Lipinski definition) is 4. The zero-order valence-electron chi connectivity index (χ0n) is 13.3. The molecule has 0 amide bonds. The van der Waals surface area contributed by atoms with Crippen LogP contribution in [0, 0.1) is 13.8 Å². The van der Waals surface area contributed by atoms with Crippen LogP contribution in [0.25, 0.3) is 0 Å². The smallest absolute Gasteiger partial charge is 0.262 e. The summed E-state index contributed by atoms with van der Waals surface area (Å²) < 4.78 is 38.1. The van der Waals surface area contributed by atoms with Crippen molar-refractivity contribution >= 4 is 27.3 Å². The fourth-order valence-electron chi connectivity index (χ4n) is 2.12. The third-order valence-corrected chi connectivity index (χ3v) is 5.28. The summed E-state index contributed by atoms with van der Waals surface area (Å²) in [5.41, 5.74) is 1.62. The van der Waals surface area contributed by atoms with Crippen molar-refractivity contribution in [2.45, 2.75) is 18.7 Å². The molecule has 0 saturated carbocycles. The van der Waals surface area contributed by atoms with Gasteiger partial charge in [-0.05, 0) is 37.1 Å². The summed E-state index contributed by atoms with van der Waals surface area (Å²) in [7, 11) is -0.753. The summed E-state index contributed by atoms with van der Waals surface area (Å²) in [5.74, 6) is 0.983. The van der Waals surface area contributed by atoms with E-state index < -0.39 is 10.0 Å². The van der Waals surface area contributed by atoms with Crippen molar-refractivity contribution in [3.8, 4) is 11.5 Å². The second-order valence-electron chi connectivity index (χ2n) is 5.07. The lowest BCUT2D eigenvalue weighted by Gasteiger charge is -2.13. The van der Waals surface area contributed by atoms with E-state index >= 15 is 0 Å². The molecule has 1 N–H and O–H groups in total. The van der Waals surface area contributed by atoms with Crippen molar-refractivity contribution in [2.24, 2.45) is 0 Å². The fourth-order valence-corrected chi connectivity index (χ4v) is 3.69. The highest BCUT2D eigenvalue weighted by Gasteiger charge is 2.19. The number of rotatable bonds is 5. The predicted octanol–water partition coefficient (Wildman–Crippen LogP) is 3.77. The molecule has 5 nitrogen and oxygen atoms in total. The molecule has 0 aliphatic rings. The topological polar surface area (TPSA) is 64.6 Å². The summed E-state index contributed by atoms with van der Waals surface area (Å²) in [4.78, 5) is 0.182. The fraction of sp³-hybridized carbons (Fsp3) is 0.250. The Morgan fingerprint density at radius 1 is 0.913 bits per heavy atom. The molecule has 0 bridgehead atoms. The molecule has 0 unspecified atom stereocenters. The molecule has 0 heterocycles. The van der Waals surface area contributed by atoms with Gasteiger partial charge < -0.3 is 9.47 Å². The number of nitrogens with one attached hydrogen (secondary N) is 1. The van der Waals surface area contributed by atoms with Crippen molar-refractivity contribution in [3.63, 3.8) is 0 Å². The number of methoxy groups -OCH3 is 2. The monoisotopic (exact) mass is 355 g/mol. The summed E-state index contributed by atoms with van der Waals surface area (Å²) in [6, 6.07) is 8.01. The number of hydrogen-bond donors (Lipinski definition) is 1. The first kappa shape index (κ1) is 17.4. The van der Waals surface area contributed by atoms with Crippen LogP contribution in [0.4, 0.5) is 5.69 Å². The average Bonchev–Trinajstić information content (AvgIpc) is 2.49. The number of ether oxygens (including phenoxy) is 2. The normalized spacial score (nSPS) is 11.2. The molecular formula is C16H18ClNO4S. The quantitative estimate of drug-likeness (QED) is 0.886. The second-order valence-corrected chi connectivity index (χ2v) is 7.13. The van der Waals surface area contributed by atoms with E-state index in [-0.39, 0.29) is 4.90 Å². The molecular weight excluding hydrogens is 338 g/mol. The van der Waals surface area contributed by atoms with E-state index in [0.29, 0.717) is 33.3 Å². The molecule has 2 aromatic rings. The molecule has 2 aromatic carbocycles. The Morgan fingerprint density at radius 2 is 1.48 bits per heavy atom. The molecule has 2 rings (SSSR count). The molecule has 124 valence electrons. The van der Waals surface area contributed by atoms with Crippen LogP contribution in [0.5, 0.6) is 11.5 Å². The third-order valence-electron chi connectivity index (χ3n) is 3.35. The van der Waals surface area contributed by atoms with E-state index in [1.807, 2.05) is 0 Å². The van der Waals surface area contributed by atoms with Crippen molar-refractivity contribution in [3.05, 3.63) is 46.5 Å². The van der Waals surface area contributed by atoms with Crippen molar-refractivity contribution in [1.82, 2.24) is 0 Å². The van der Waals surface area contributed by atoms with Crippen LogP contribution in [-0.4, -0.2) is 22.6 Å². The minimum absolute atomic E-state index is 0.182. The van der Waals surface area contributed by atoms with Crippen LogP contribution in [0.3, 0.4) is 0 Å². The Labute approximate surface area is 141 Å². The Kier molecular flexibility index (Phi) is 5.06. The number of halogens is 1. The lowest BCUT2D eigenvalue weighted by Crippen LogP contribution is -2.14. The maximum atomic E-state index is 12.6. The maximum Gasteiger partial charge on any atom is 0.262 e. The molecule has 0 atom stereocenters. The Hall–Kier alpha value is -1.92. The van der Waals surface area contributed by atoms with Gasteiger partial charge in [0.05, 0.1) is 24.8 Å². The Morgan fingerprint density at radius 3 is 2.00 bits per heavy atom. The third kappa shape index (κ3) is 3.89. The van der Waals surface area contributed by atoms with Crippen LogP contribution in [0.15, 0.2) is 35.2 Å². The van der Waals surface area contributed by atoms with Crippen LogP contribution >= 0.6 is 11.6 Å². The molecule has 7 heteroatoms. The summed E-state index contributed by atoms with van der Waals surface area (Å²) >= 11 is 6.03. The van der Waals surface area contributed by atoms with Gasteiger partial charge in [-0.1, -0.05) is 11.6 Å². The number of benzene rings is 2. The molecule has 0 aliphatic heterocycles. The Bertz CT molecular complexity index is 812. The number of sulfonamides is 1. The van der Waals surface area contributed by atoms with Gasteiger partial charge in [-0.3, -0.25) is 4.72 Å². The molecule has 0 aromatic heterocycles. The first-order valence-corrected chi connectivity index (χ1v) is 8.65. The molecule has 23 heavy (non-hydrogen) atoms. The summed E-state index contributed by atoms with van der Waals surface area (Å²) in [6.45, 7) is 3.46. The standard InChI is InChI=1S/C16H18ClNO4S/c1-10-6-16(11(2)5-15(10)17)23(19,20)18-12-7-13(21-3)9-14(8-12)22-4/h5-9,18H,1-4H3. The first-order valence-electron chi connectivity index (χ1n) is 6.79. The van der Waals surface area contributed by atoms with Crippen LogP contribution < -0.4 is 14.2 Å². The average molecular weight is 356 g/mol. The van der Waals surface area contributed by atoms with Gasteiger partial charge in [-0.15, -0.1) is 0 Å². The largest absolute Gasteiger partial charge is 0.497 e. The highest BCUT2D eigenvalue weighted by molar-refractivity contribution is 7.92. The number of aryl methyl sites for hydroxylation is 2. The summed E-state index contributed by atoms with van der Waals surface area (Å²) in [6.07, 6.45) is 0. The van der Waals surface area contributed by atoms with E-state index in [4.69, 9.17) is 21.1 Å². The molecule has 0 radical (unpaired) electrons. The van der Waals surface area contributed by atoms with Gasteiger partial charge in [0.1, 0.15) is 11.5 Å². The molecule has 0 fully saturated rings. The summed E-state index contributed by atoms with van der Waals surface area (Å²) in [5, 5.41) is 0.532. The van der Waals surface area contributed by atoms with Gasteiger partial charge in [0.2, 0.25) is 0 Å². The van der Waals surface area contributed by atoms with Gasteiger partial charge in [0, 0.05) is 23.2 Å². The highest BCUT2D eigenvalue weighted by Crippen LogP contribution is 2.29. The van der Waals surface area contributed by atoms with Crippen molar-refractivity contribution < 1.29 is 17.9 Å². The highest BCUT2D eigenvalue weighted by atomic mass is 35.5. The minimum Gasteiger partial charge on any atom is -0.497 e. The maximum absolute atomic E-state index is 12.6. The predicted molar refractivity (Wildman–Crippen MR) is 91.3 cm³/mol. The zero-order valence-corrected chi connectivity index (χ0v) is 14.9. The van der Waals surface area contributed by atoms with Crippen molar-refractivity contribution in [2.75, 3.05) is 18.9 Å². The van der Waals surface area contributed by atoms with E-state index in [1.54, 1.807) is 44.2 Å². The second kappa shape index (κ2) is 6.68. The lowest BCUT2D eigenvalue weighted by atomic mass is 10.2. The van der Waals surface area contributed by atoms with Gasteiger partial charge in [0.15, 0.2) is 0 Å². The van der Waals surface area contributed by atoms with E-state index in [2.05, 4.69) is 4.72 Å².